The van der Waals surface area contributed by atoms with Crippen LogP contribution in [0.1, 0.15) is 24.1 Å². The van der Waals surface area contributed by atoms with Crippen molar-refractivity contribution >= 4 is 0 Å². The number of halogens is 3. The number of aryl methyl sites for hydroxylation is 1. The fraction of sp³-hybridized carbons (Fsp3) is 0.667. The highest BCUT2D eigenvalue weighted by molar-refractivity contribution is 5.16. The van der Waals surface area contributed by atoms with E-state index in [-0.39, 0.29) is 19.4 Å². The van der Waals surface area contributed by atoms with Crippen LogP contribution in [0, 0.1) is 6.92 Å². The van der Waals surface area contributed by atoms with Crippen LogP contribution in [0.4, 0.5) is 13.2 Å². The van der Waals surface area contributed by atoms with Gasteiger partial charge in [0.2, 0.25) is 0 Å². The Morgan fingerprint density at radius 1 is 1.53 bits per heavy atom. The number of nitrogens with one attached hydrogen (secondary N) is 2. The van der Waals surface area contributed by atoms with Crippen LogP contribution in [0.25, 0.3) is 0 Å². The first kappa shape index (κ1) is 10.5. The minimum Gasteiger partial charge on any atom is -0.299 e. The Bertz CT molecular complexity index is 352. The van der Waals surface area contributed by atoms with Crippen molar-refractivity contribution in [3.8, 4) is 0 Å². The monoisotopic (exact) mass is 219 g/mol. The first-order valence-electron chi connectivity index (χ1n) is 4.75. The molecule has 84 valence electrons. The lowest BCUT2D eigenvalue weighted by Crippen LogP contribution is -2.44. The molecule has 3 nitrogen and oxygen atoms in total. The number of aromatic nitrogens is 2. The summed E-state index contributed by atoms with van der Waals surface area (Å²) in [5.41, 5.74) is -0.0533. The van der Waals surface area contributed by atoms with E-state index in [1.807, 2.05) is 0 Å². The molecule has 0 aliphatic heterocycles. The second kappa shape index (κ2) is 3.23. The average Bonchev–Trinajstić information content (AvgIpc) is 2.82. The van der Waals surface area contributed by atoms with Gasteiger partial charge < -0.3 is 0 Å². The molecular formula is C9H12F3N3. The van der Waals surface area contributed by atoms with E-state index in [0.29, 0.717) is 0 Å². The molecule has 1 fully saturated rings. The minimum atomic E-state index is -4.15. The van der Waals surface area contributed by atoms with Gasteiger partial charge in [0.25, 0.3) is 0 Å². The highest BCUT2D eigenvalue weighted by Crippen LogP contribution is 2.49. The average molecular weight is 219 g/mol. The summed E-state index contributed by atoms with van der Waals surface area (Å²) in [6, 6.07) is 0. The first-order chi connectivity index (χ1) is 6.95. The maximum absolute atomic E-state index is 12.5. The quantitative estimate of drug-likeness (QED) is 0.815. The molecule has 0 radical (unpaired) electrons. The van der Waals surface area contributed by atoms with Crippen molar-refractivity contribution in [1.82, 2.24) is 15.5 Å². The smallest absolute Gasteiger partial charge is 0.299 e. The van der Waals surface area contributed by atoms with Crippen molar-refractivity contribution in [3.05, 3.63) is 17.5 Å². The van der Waals surface area contributed by atoms with E-state index in [2.05, 4.69) is 15.5 Å². The first-order valence-corrected chi connectivity index (χ1v) is 4.75. The van der Waals surface area contributed by atoms with Gasteiger partial charge in [-0.25, -0.2) is 0 Å². The molecule has 2 N–H and O–H groups in total. The molecule has 6 heteroatoms. The van der Waals surface area contributed by atoms with Gasteiger partial charge in [-0.3, -0.25) is 10.4 Å². The molecule has 1 saturated carbocycles. The number of H-pyrrole nitrogens is 1. The summed E-state index contributed by atoms with van der Waals surface area (Å²) in [4.78, 5) is 0. The zero-order chi connectivity index (χ0) is 11.1. The number of alkyl halides is 3. The Balaban J connectivity index is 1.97. The molecule has 15 heavy (non-hydrogen) atoms. The molecule has 1 aromatic rings. The maximum atomic E-state index is 12.5. The van der Waals surface area contributed by atoms with Crippen LogP contribution < -0.4 is 5.32 Å². The van der Waals surface area contributed by atoms with Gasteiger partial charge in [0.1, 0.15) is 5.54 Å². The number of aromatic amines is 1. The molecule has 0 atom stereocenters. The molecule has 1 aromatic heterocycles. The van der Waals surface area contributed by atoms with E-state index in [4.69, 9.17) is 0 Å². The van der Waals surface area contributed by atoms with Crippen molar-refractivity contribution in [2.45, 2.75) is 38.0 Å². The van der Waals surface area contributed by atoms with E-state index in [1.54, 1.807) is 13.1 Å². The summed E-state index contributed by atoms with van der Waals surface area (Å²) in [7, 11) is 0. The van der Waals surface area contributed by atoms with Gasteiger partial charge in [0, 0.05) is 17.8 Å². The van der Waals surface area contributed by atoms with Gasteiger partial charge in [-0.05, 0) is 19.8 Å². The van der Waals surface area contributed by atoms with Gasteiger partial charge >= 0.3 is 6.18 Å². The third kappa shape index (κ3) is 1.86. The van der Waals surface area contributed by atoms with E-state index in [1.165, 1.54) is 0 Å². The van der Waals surface area contributed by atoms with Crippen molar-refractivity contribution in [2.75, 3.05) is 0 Å². The number of nitrogens with zero attached hydrogens (tertiary/aromatic N) is 1. The van der Waals surface area contributed by atoms with Crippen LogP contribution in [0.3, 0.4) is 0 Å². The highest BCUT2D eigenvalue weighted by atomic mass is 19.4. The Morgan fingerprint density at radius 2 is 2.20 bits per heavy atom. The molecule has 1 heterocycles. The van der Waals surface area contributed by atoms with Crippen LogP contribution >= 0.6 is 0 Å². The summed E-state index contributed by atoms with van der Waals surface area (Å²) in [5, 5.41) is 9.02. The standard InChI is InChI=1S/C9H12F3N3/c1-6-7(5-14-15-6)4-13-8(2-3-8)9(10,11)12/h5,13H,2-4H2,1H3,(H,14,15). The van der Waals surface area contributed by atoms with Gasteiger partial charge in [0.15, 0.2) is 0 Å². The van der Waals surface area contributed by atoms with Gasteiger partial charge in [-0.2, -0.15) is 18.3 Å². The van der Waals surface area contributed by atoms with Gasteiger partial charge in [-0.1, -0.05) is 0 Å². The lowest BCUT2D eigenvalue weighted by molar-refractivity contribution is -0.166. The van der Waals surface area contributed by atoms with Crippen LogP contribution in [-0.2, 0) is 6.54 Å². The molecule has 0 spiro atoms. The molecule has 2 rings (SSSR count). The molecule has 0 bridgehead atoms. The maximum Gasteiger partial charge on any atom is 0.406 e. The molecule has 0 aromatic carbocycles. The number of rotatable bonds is 3. The Kier molecular flexibility index (Phi) is 2.26. The SMILES string of the molecule is Cc1[nH]ncc1CNC1(C(F)(F)F)CC1. The predicted octanol–water partition coefficient (Wildman–Crippen LogP) is 1.90. The highest BCUT2D eigenvalue weighted by Gasteiger charge is 2.62. The summed E-state index contributed by atoms with van der Waals surface area (Å²) < 4.78 is 37.6. The van der Waals surface area contributed by atoms with Crippen LogP contribution in [-0.4, -0.2) is 21.9 Å². The van der Waals surface area contributed by atoms with Crippen LogP contribution in [0.2, 0.25) is 0 Å². The molecule has 0 unspecified atom stereocenters. The van der Waals surface area contributed by atoms with Gasteiger partial charge in [0.05, 0.1) is 6.20 Å². The lowest BCUT2D eigenvalue weighted by atomic mass is 10.2. The normalized spacial score (nSPS) is 19.2. The largest absolute Gasteiger partial charge is 0.406 e. The third-order valence-electron chi connectivity index (χ3n) is 2.84. The number of hydrogen-bond donors (Lipinski definition) is 2. The van der Waals surface area contributed by atoms with E-state index >= 15 is 0 Å². The second-order valence-electron chi connectivity index (χ2n) is 3.95. The van der Waals surface area contributed by atoms with Crippen molar-refractivity contribution in [1.29, 1.82) is 0 Å². The Hall–Kier alpha value is -1.04. The summed E-state index contributed by atoms with van der Waals surface area (Å²) in [6.45, 7) is 2.00. The Morgan fingerprint density at radius 3 is 2.60 bits per heavy atom. The molecule has 0 saturated heterocycles. The Labute approximate surface area is 85.1 Å². The minimum absolute atomic E-state index is 0.174. The zero-order valence-electron chi connectivity index (χ0n) is 8.28. The van der Waals surface area contributed by atoms with E-state index in [9.17, 15) is 13.2 Å². The fourth-order valence-electron chi connectivity index (χ4n) is 1.50. The summed E-state index contributed by atoms with van der Waals surface area (Å²) in [5.74, 6) is 0. The molecule has 1 aliphatic rings. The number of hydrogen-bond acceptors (Lipinski definition) is 2. The molecule has 1 aliphatic carbocycles. The second-order valence-corrected chi connectivity index (χ2v) is 3.95. The van der Waals surface area contributed by atoms with E-state index < -0.39 is 11.7 Å². The predicted molar refractivity (Wildman–Crippen MR) is 48.2 cm³/mol. The summed E-state index contributed by atoms with van der Waals surface area (Å²) in [6.07, 6.45) is -2.25. The topological polar surface area (TPSA) is 40.7 Å². The fourth-order valence-corrected chi connectivity index (χ4v) is 1.50. The zero-order valence-corrected chi connectivity index (χ0v) is 8.28. The molecular weight excluding hydrogens is 207 g/mol. The van der Waals surface area contributed by atoms with Crippen LogP contribution in [0.15, 0.2) is 6.20 Å². The van der Waals surface area contributed by atoms with E-state index in [0.717, 1.165) is 11.3 Å². The van der Waals surface area contributed by atoms with Crippen LogP contribution in [0.5, 0.6) is 0 Å². The van der Waals surface area contributed by atoms with Gasteiger partial charge in [-0.15, -0.1) is 0 Å². The van der Waals surface area contributed by atoms with Crippen molar-refractivity contribution in [2.24, 2.45) is 0 Å². The lowest BCUT2D eigenvalue weighted by Gasteiger charge is -2.20. The van der Waals surface area contributed by atoms with Crippen molar-refractivity contribution < 1.29 is 13.2 Å². The third-order valence-corrected chi connectivity index (χ3v) is 2.84. The molecule has 0 amide bonds. The summed E-state index contributed by atoms with van der Waals surface area (Å²) >= 11 is 0. The van der Waals surface area contributed by atoms with Crippen molar-refractivity contribution in [3.63, 3.8) is 0 Å².